The Kier molecular flexibility index (Phi) is 4.36. The van der Waals surface area contributed by atoms with Crippen LogP contribution in [0, 0.1) is 0 Å². The van der Waals surface area contributed by atoms with Gasteiger partial charge in [0.2, 0.25) is 0 Å². The normalized spacial score (nSPS) is 22.2. The van der Waals surface area contributed by atoms with Crippen molar-refractivity contribution in [2.45, 2.75) is 25.5 Å². The molecule has 1 N–H and O–H groups in total. The first-order chi connectivity index (χ1) is 11.4. The molecule has 2 aromatic rings. The van der Waals surface area contributed by atoms with Crippen molar-refractivity contribution in [3.63, 3.8) is 0 Å². The van der Waals surface area contributed by atoms with Gasteiger partial charge in [-0.25, -0.2) is 8.42 Å². The summed E-state index contributed by atoms with van der Waals surface area (Å²) in [6, 6.07) is 12.5. The number of amides is 1. The van der Waals surface area contributed by atoms with Gasteiger partial charge in [0.15, 0.2) is 15.6 Å². The Morgan fingerprint density at radius 3 is 2.67 bits per heavy atom. The van der Waals surface area contributed by atoms with Crippen LogP contribution in [-0.2, 0) is 16.4 Å². The predicted octanol–water partition coefficient (Wildman–Crippen LogP) is 2.17. The molecule has 1 aliphatic heterocycles. The topological polar surface area (TPSA) is 85.6 Å². The van der Waals surface area contributed by atoms with Gasteiger partial charge in [-0.15, -0.1) is 0 Å². The van der Waals surface area contributed by atoms with Crippen LogP contribution >= 0.6 is 0 Å². The first-order valence-corrected chi connectivity index (χ1v) is 9.47. The summed E-state index contributed by atoms with van der Waals surface area (Å²) in [6.45, 7) is 1.95. The van der Waals surface area contributed by atoms with Crippen molar-refractivity contribution in [3.8, 4) is 5.75 Å². The third-order valence-corrected chi connectivity index (χ3v) is 5.83. The van der Waals surface area contributed by atoms with E-state index in [0.717, 1.165) is 0 Å². The molecule has 6 nitrogen and oxygen atoms in total. The van der Waals surface area contributed by atoms with Crippen LogP contribution in [0.4, 0.5) is 0 Å². The van der Waals surface area contributed by atoms with Gasteiger partial charge >= 0.3 is 0 Å². The van der Waals surface area contributed by atoms with E-state index < -0.39 is 21.3 Å². The van der Waals surface area contributed by atoms with Crippen molar-refractivity contribution in [1.82, 2.24) is 5.32 Å². The molecule has 1 aromatic carbocycles. The Morgan fingerprint density at radius 2 is 2.00 bits per heavy atom. The third kappa shape index (κ3) is 3.97. The van der Waals surface area contributed by atoms with Gasteiger partial charge < -0.3 is 14.5 Å². The molecule has 2 heterocycles. The van der Waals surface area contributed by atoms with Gasteiger partial charge in [0.1, 0.15) is 18.1 Å². The van der Waals surface area contributed by atoms with E-state index in [1.807, 2.05) is 30.3 Å². The summed E-state index contributed by atoms with van der Waals surface area (Å²) in [5.41, 5.74) is -0.747. The van der Waals surface area contributed by atoms with Crippen LogP contribution in [0.1, 0.15) is 29.7 Å². The number of rotatable bonds is 5. The van der Waals surface area contributed by atoms with Crippen molar-refractivity contribution in [2.75, 3.05) is 11.5 Å². The monoisotopic (exact) mass is 349 g/mol. The molecule has 1 aromatic heterocycles. The molecular weight excluding hydrogens is 330 g/mol. The van der Waals surface area contributed by atoms with E-state index in [1.54, 1.807) is 19.1 Å². The van der Waals surface area contributed by atoms with E-state index >= 15 is 0 Å². The van der Waals surface area contributed by atoms with Crippen LogP contribution in [0.25, 0.3) is 0 Å². The lowest BCUT2D eigenvalue weighted by atomic mass is 10.0. The van der Waals surface area contributed by atoms with E-state index in [2.05, 4.69) is 5.32 Å². The van der Waals surface area contributed by atoms with Crippen LogP contribution < -0.4 is 10.1 Å². The Hall–Kier alpha value is -2.28. The highest BCUT2D eigenvalue weighted by molar-refractivity contribution is 7.91. The molecule has 0 saturated carbocycles. The Balaban J connectivity index is 1.60. The lowest BCUT2D eigenvalue weighted by Crippen LogP contribution is -2.46. The van der Waals surface area contributed by atoms with Crippen molar-refractivity contribution >= 4 is 15.7 Å². The number of para-hydroxylation sites is 1. The summed E-state index contributed by atoms with van der Waals surface area (Å²) in [4.78, 5) is 12.3. The maximum atomic E-state index is 12.3. The fraction of sp³-hybridized carbons (Fsp3) is 0.353. The molecule has 0 aliphatic carbocycles. The minimum Gasteiger partial charge on any atom is -0.486 e. The zero-order valence-corrected chi connectivity index (χ0v) is 14.1. The van der Waals surface area contributed by atoms with Crippen LogP contribution in [0.3, 0.4) is 0 Å². The van der Waals surface area contributed by atoms with Crippen LogP contribution in [0.15, 0.2) is 46.9 Å². The van der Waals surface area contributed by atoms with Gasteiger partial charge in [0.25, 0.3) is 5.91 Å². The van der Waals surface area contributed by atoms with E-state index in [4.69, 9.17) is 9.15 Å². The molecule has 7 heteroatoms. The van der Waals surface area contributed by atoms with Crippen LogP contribution in [-0.4, -0.2) is 31.4 Å². The predicted molar refractivity (Wildman–Crippen MR) is 88.6 cm³/mol. The number of furan rings is 1. The fourth-order valence-corrected chi connectivity index (χ4v) is 4.79. The average Bonchev–Trinajstić information content (AvgIpc) is 3.11. The first kappa shape index (κ1) is 16.6. The van der Waals surface area contributed by atoms with Crippen molar-refractivity contribution in [3.05, 3.63) is 54.0 Å². The number of sulfone groups is 1. The largest absolute Gasteiger partial charge is 0.486 e. The second kappa shape index (κ2) is 6.32. The van der Waals surface area contributed by atoms with Gasteiger partial charge in [-0.2, -0.15) is 0 Å². The lowest BCUT2D eigenvalue weighted by Gasteiger charge is -2.23. The van der Waals surface area contributed by atoms with E-state index in [-0.39, 0.29) is 23.9 Å². The average molecular weight is 349 g/mol. The smallest absolute Gasteiger partial charge is 0.287 e. The molecule has 1 aliphatic rings. The van der Waals surface area contributed by atoms with Gasteiger partial charge in [-0.3, -0.25) is 4.79 Å². The summed E-state index contributed by atoms with van der Waals surface area (Å²) in [5.74, 6) is 1.01. The Labute approximate surface area is 140 Å². The summed E-state index contributed by atoms with van der Waals surface area (Å²) >= 11 is 0. The zero-order chi connectivity index (χ0) is 17.2. The zero-order valence-electron chi connectivity index (χ0n) is 13.3. The first-order valence-electron chi connectivity index (χ1n) is 7.65. The molecule has 128 valence electrons. The summed E-state index contributed by atoms with van der Waals surface area (Å²) in [7, 11) is -3.08. The SMILES string of the molecule is CC1(NC(=O)c2ccc(COc3ccccc3)o2)CCS(=O)(=O)C1. The summed E-state index contributed by atoms with van der Waals surface area (Å²) < 4.78 is 34.2. The molecule has 0 radical (unpaired) electrons. The number of benzene rings is 1. The molecule has 24 heavy (non-hydrogen) atoms. The maximum Gasteiger partial charge on any atom is 0.287 e. The molecule has 0 spiro atoms. The van der Waals surface area contributed by atoms with Crippen LogP contribution in [0.5, 0.6) is 5.75 Å². The van der Waals surface area contributed by atoms with Crippen molar-refractivity contribution in [1.29, 1.82) is 0 Å². The van der Waals surface area contributed by atoms with Gasteiger partial charge in [-0.1, -0.05) is 18.2 Å². The highest BCUT2D eigenvalue weighted by Gasteiger charge is 2.39. The summed E-state index contributed by atoms with van der Waals surface area (Å²) in [5, 5.41) is 2.76. The quantitative estimate of drug-likeness (QED) is 0.894. The minimum atomic E-state index is -3.08. The van der Waals surface area contributed by atoms with E-state index in [1.165, 1.54) is 0 Å². The second-order valence-electron chi connectivity index (χ2n) is 6.22. The molecule has 0 bridgehead atoms. The lowest BCUT2D eigenvalue weighted by molar-refractivity contribution is 0.0882. The standard InChI is InChI=1S/C17H19NO5S/c1-17(9-10-24(20,21)12-17)18-16(19)15-8-7-14(23-15)11-22-13-5-3-2-4-6-13/h2-8H,9-12H2,1H3,(H,18,19). The minimum absolute atomic E-state index is 0.0452. The molecule has 1 saturated heterocycles. The van der Waals surface area contributed by atoms with E-state index in [9.17, 15) is 13.2 Å². The molecule has 1 atom stereocenters. The van der Waals surface area contributed by atoms with Gasteiger partial charge in [0.05, 0.1) is 17.0 Å². The highest BCUT2D eigenvalue weighted by atomic mass is 32.2. The number of carbonyl (C=O) groups excluding carboxylic acids is 1. The third-order valence-electron chi connectivity index (χ3n) is 3.93. The maximum absolute atomic E-state index is 12.3. The molecule has 1 amide bonds. The van der Waals surface area contributed by atoms with Crippen molar-refractivity contribution in [2.24, 2.45) is 0 Å². The fourth-order valence-electron chi connectivity index (χ4n) is 2.69. The van der Waals surface area contributed by atoms with E-state index in [0.29, 0.717) is 17.9 Å². The molecule has 1 fully saturated rings. The molecular formula is C17H19NO5S. The molecule has 1 unspecified atom stereocenters. The number of hydrogen-bond donors (Lipinski definition) is 1. The number of carbonyl (C=O) groups is 1. The highest BCUT2D eigenvalue weighted by Crippen LogP contribution is 2.23. The number of nitrogens with one attached hydrogen (secondary N) is 1. The Morgan fingerprint density at radius 1 is 1.25 bits per heavy atom. The number of ether oxygens (including phenoxy) is 1. The van der Waals surface area contributed by atoms with Crippen LogP contribution in [0.2, 0.25) is 0 Å². The second-order valence-corrected chi connectivity index (χ2v) is 8.41. The summed E-state index contributed by atoms with van der Waals surface area (Å²) in [6.07, 6.45) is 0.408. The van der Waals surface area contributed by atoms with Gasteiger partial charge in [0, 0.05) is 0 Å². The van der Waals surface area contributed by atoms with Crippen molar-refractivity contribution < 1.29 is 22.4 Å². The number of hydrogen-bond acceptors (Lipinski definition) is 5. The molecule has 3 rings (SSSR count). The Bertz CT molecular complexity index is 828. The van der Waals surface area contributed by atoms with Gasteiger partial charge in [-0.05, 0) is 37.6 Å².